The quantitative estimate of drug-likeness (QED) is 0.616. The Hall–Kier alpha value is -1.25. The molecule has 5 heteroatoms. The molecule has 0 amide bonds. The number of hydrogen-bond donors (Lipinski definition) is 0. The van der Waals surface area contributed by atoms with Gasteiger partial charge < -0.3 is 8.85 Å². The molecule has 0 aliphatic heterocycles. The highest BCUT2D eigenvalue weighted by molar-refractivity contribution is 7.65. The zero-order valence-electron chi connectivity index (χ0n) is 15.8. The summed E-state index contributed by atoms with van der Waals surface area (Å²) in [6.07, 6.45) is 0. The lowest BCUT2D eigenvalue weighted by molar-refractivity contribution is 0.218. The summed E-state index contributed by atoms with van der Waals surface area (Å²) in [4.78, 5) is 0. The van der Waals surface area contributed by atoms with Crippen LogP contribution in [0.1, 0.15) is 13.8 Å². The fraction of sp³-hybridized carbons (Fsp3) is 0.300. The molecule has 0 aromatic heterocycles. The first-order valence-corrected chi connectivity index (χ1v) is 17.3. The van der Waals surface area contributed by atoms with E-state index in [9.17, 15) is 0 Å². The number of benzene rings is 2. The number of hydrogen-bond acceptors (Lipinski definition) is 2. The van der Waals surface area contributed by atoms with Crippen LogP contribution in [-0.4, -0.2) is 36.7 Å². The Kier molecular flexibility index (Phi) is 7.15. The van der Waals surface area contributed by atoms with Crippen molar-refractivity contribution < 1.29 is 8.85 Å². The molecule has 0 aliphatic rings. The molecule has 0 saturated heterocycles. The van der Waals surface area contributed by atoms with Crippen molar-refractivity contribution in [3.05, 3.63) is 72.9 Å². The van der Waals surface area contributed by atoms with E-state index in [2.05, 4.69) is 99.9 Å². The second-order valence-electron chi connectivity index (χ2n) is 6.52. The Morgan fingerprint density at radius 2 is 1.24 bits per heavy atom. The summed E-state index contributed by atoms with van der Waals surface area (Å²) in [6, 6.07) is 21.6. The van der Waals surface area contributed by atoms with Crippen molar-refractivity contribution in [2.45, 2.75) is 26.9 Å². The molecule has 2 nitrogen and oxygen atoms in total. The predicted molar refractivity (Wildman–Crippen MR) is 115 cm³/mol. The molecule has 0 unspecified atom stereocenters. The smallest absolute Gasteiger partial charge is 0.309 e. The molecule has 0 bridgehead atoms. The van der Waals surface area contributed by atoms with Crippen LogP contribution < -0.4 is 10.4 Å². The highest BCUT2D eigenvalue weighted by Crippen LogP contribution is 2.26. The number of rotatable bonds is 9. The second kappa shape index (κ2) is 8.91. The third kappa shape index (κ3) is 4.12. The molecule has 133 valence electrons. The van der Waals surface area contributed by atoms with Crippen LogP contribution in [0.2, 0.25) is 13.1 Å². The summed E-state index contributed by atoms with van der Waals surface area (Å²) in [5, 5.41) is 2.74. The molecule has 2 rings (SSSR count). The van der Waals surface area contributed by atoms with Gasteiger partial charge in [0, 0.05) is 13.2 Å². The Balaban J connectivity index is 2.75. The Bertz CT molecular complexity index is 614. The van der Waals surface area contributed by atoms with Gasteiger partial charge in [-0.2, -0.15) is 0 Å². The van der Waals surface area contributed by atoms with Crippen molar-refractivity contribution >= 4 is 33.9 Å². The SMILES string of the molecule is C=C[Si](C)(C)[Si](OCC)(OCC)[Si](c1ccccc1)c1ccccc1. The van der Waals surface area contributed by atoms with Gasteiger partial charge >= 0.3 is 7.60 Å². The molecule has 2 aromatic carbocycles. The van der Waals surface area contributed by atoms with Gasteiger partial charge in [0.15, 0.2) is 8.31 Å². The fourth-order valence-electron chi connectivity index (χ4n) is 3.18. The van der Waals surface area contributed by atoms with E-state index in [-0.39, 0.29) is 0 Å². The topological polar surface area (TPSA) is 18.5 Å². The summed E-state index contributed by atoms with van der Waals surface area (Å²) < 4.78 is 13.3. The average Bonchev–Trinajstić information content (AvgIpc) is 2.64. The second-order valence-corrected chi connectivity index (χ2v) is 24.9. The van der Waals surface area contributed by atoms with Crippen LogP contribution in [0.5, 0.6) is 0 Å². The summed E-state index contributed by atoms with van der Waals surface area (Å²) >= 11 is 0. The maximum Gasteiger partial charge on any atom is 0.309 e. The normalized spacial score (nSPS) is 12.4. The van der Waals surface area contributed by atoms with Crippen LogP contribution in [0.25, 0.3) is 0 Å². The van der Waals surface area contributed by atoms with Gasteiger partial charge in [-0.15, -0.1) is 6.58 Å². The van der Waals surface area contributed by atoms with Crippen molar-refractivity contribution in [1.29, 1.82) is 0 Å². The first-order chi connectivity index (χ1) is 12.0. The van der Waals surface area contributed by atoms with Gasteiger partial charge in [0.2, 0.25) is 0 Å². The van der Waals surface area contributed by atoms with Gasteiger partial charge in [0.1, 0.15) is 7.59 Å². The van der Waals surface area contributed by atoms with E-state index >= 15 is 0 Å². The van der Waals surface area contributed by atoms with Gasteiger partial charge in [-0.3, -0.25) is 0 Å². The van der Waals surface area contributed by atoms with Crippen LogP contribution >= 0.6 is 0 Å². The molecule has 1 radical (unpaired) electrons. The van der Waals surface area contributed by atoms with Crippen LogP contribution in [0.15, 0.2) is 72.9 Å². The minimum Gasteiger partial charge on any atom is -0.399 e. The van der Waals surface area contributed by atoms with Gasteiger partial charge in [0.25, 0.3) is 0 Å². The van der Waals surface area contributed by atoms with Crippen molar-refractivity contribution in [2.24, 2.45) is 0 Å². The van der Waals surface area contributed by atoms with E-state index in [1.54, 1.807) is 0 Å². The van der Waals surface area contributed by atoms with Crippen LogP contribution in [0, 0.1) is 0 Å². The minimum absolute atomic E-state index is 0.685. The lowest BCUT2D eigenvalue weighted by atomic mass is 10.4. The maximum absolute atomic E-state index is 6.65. The summed E-state index contributed by atoms with van der Waals surface area (Å²) in [7, 11) is -5.64. The summed E-state index contributed by atoms with van der Waals surface area (Å²) in [5.74, 6) is 0. The molecule has 0 fully saturated rings. The average molecular weight is 386 g/mol. The molecule has 2 aromatic rings. The molecule has 0 N–H and O–H groups in total. The first-order valence-electron chi connectivity index (χ1n) is 8.92. The lowest BCUT2D eigenvalue weighted by Gasteiger charge is -2.44. The monoisotopic (exact) mass is 385 g/mol. The van der Waals surface area contributed by atoms with Gasteiger partial charge in [-0.25, -0.2) is 0 Å². The van der Waals surface area contributed by atoms with Crippen molar-refractivity contribution in [1.82, 2.24) is 0 Å². The molecule has 0 heterocycles. The molecule has 0 aliphatic carbocycles. The van der Waals surface area contributed by atoms with E-state index in [4.69, 9.17) is 8.85 Å². The Morgan fingerprint density at radius 3 is 1.56 bits per heavy atom. The standard InChI is InChI=1S/C20H29O2Si3/c1-6-21-25(22-7-2,24(4,5)8-3)23(19-15-11-9-12-16-19)20-17-13-10-14-18-20/h8-18H,3,6-7H2,1-2,4-5H3. The molecule has 25 heavy (non-hydrogen) atoms. The van der Waals surface area contributed by atoms with Gasteiger partial charge in [0.05, 0.1) is 0 Å². The van der Waals surface area contributed by atoms with E-state index in [1.165, 1.54) is 10.4 Å². The first kappa shape index (κ1) is 20.1. The van der Waals surface area contributed by atoms with Crippen molar-refractivity contribution in [2.75, 3.05) is 13.2 Å². The maximum atomic E-state index is 6.65. The molecule has 0 atom stereocenters. The third-order valence-corrected chi connectivity index (χ3v) is 30.3. The van der Waals surface area contributed by atoms with E-state index in [0.717, 1.165) is 0 Å². The Morgan fingerprint density at radius 1 is 0.840 bits per heavy atom. The van der Waals surface area contributed by atoms with Crippen LogP contribution in [0.3, 0.4) is 0 Å². The van der Waals surface area contributed by atoms with E-state index < -0.39 is 23.5 Å². The van der Waals surface area contributed by atoms with Crippen LogP contribution in [0.4, 0.5) is 0 Å². The third-order valence-electron chi connectivity index (χ3n) is 4.51. The van der Waals surface area contributed by atoms with E-state index in [1.807, 2.05) is 0 Å². The fourth-order valence-corrected chi connectivity index (χ4v) is 28.3. The zero-order chi connectivity index (χ0) is 18.3. The Labute approximate surface area is 156 Å². The van der Waals surface area contributed by atoms with Crippen molar-refractivity contribution in [3.63, 3.8) is 0 Å². The molecule has 0 spiro atoms. The lowest BCUT2D eigenvalue weighted by Crippen LogP contribution is -2.78. The largest absolute Gasteiger partial charge is 0.399 e. The van der Waals surface area contributed by atoms with Crippen molar-refractivity contribution in [3.8, 4) is 0 Å². The predicted octanol–water partition coefficient (Wildman–Crippen LogP) is 3.40. The minimum atomic E-state index is -2.51. The molecule has 0 saturated carbocycles. The highest BCUT2D eigenvalue weighted by Gasteiger charge is 2.59. The van der Waals surface area contributed by atoms with Gasteiger partial charge in [-0.05, 0) is 13.8 Å². The van der Waals surface area contributed by atoms with E-state index in [0.29, 0.717) is 13.2 Å². The summed E-state index contributed by atoms with van der Waals surface area (Å²) in [5.41, 5.74) is 2.17. The zero-order valence-corrected chi connectivity index (χ0v) is 18.8. The highest BCUT2D eigenvalue weighted by atomic mass is 29.6. The van der Waals surface area contributed by atoms with Gasteiger partial charge in [-0.1, -0.05) is 89.8 Å². The molecular formula is C20H29O2Si3. The van der Waals surface area contributed by atoms with Crippen LogP contribution in [-0.2, 0) is 8.85 Å². The molecular weight excluding hydrogens is 356 g/mol. The summed E-state index contributed by atoms with van der Waals surface area (Å²) in [6.45, 7) is 14.4.